The minimum Gasteiger partial charge on any atom is -0.465 e. The summed E-state index contributed by atoms with van der Waals surface area (Å²) >= 11 is 0. The lowest BCUT2D eigenvalue weighted by atomic mass is 10.1. The average molecular weight is 376 g/mol. The van der Waals surface area contributed by atoms with Crippen molar-refractivity contribution in [3.63, 3.8) is 0 Å². The number of piperidine rings is 1. The number of anilines is 1. The van der Waals surface area contributed by atoms with E-state index < -0.39 is 0 Å². The molecule has 1 N–H and O–H groups in total. The molecule has 0 aliphatic carbocycles. The molecule has 1 fully saturated rings. The molecule has 0 saturated carbocycles. The third-order valence-corrected chi connectivity index (χ3v) is 4.99. The molecular formula is C22H24N4O2. The summed E-state index contributed by atoms with van der Waals surface area (Å²) in [6, 6.07) is 13.3. The number of hydrogen-bond acceptors (Lipinski definition) is 5. The van der Waals surface area contributed by atoms with Crippen molar-refractivity contribution in [3.8, 4) is 11.3 Å². The lowest BCUT2D eigenvalue weighted by Crippen LogP contribution is -2.30. The van der Waals surface area contributed by atoms with Gasteiger partial charge in [0.15, 0.2) is 0 Å². The number of benzene rings is 1. The van der Waals surface area contributed by atoms with E-state index >= 15 is 0 Å². The molecule has 1 saturated heterocycles. The zero-order valence-corrected chi connectivity index (χ0v) is 16.0. The van der Waals surface area contributed by atoms with E-state index in [4.69, 9.17) is 4.42 Å². The number of aromatic nitrogens is 2. The van der Waals surface area contributed by atoms with Crippen LogP contribution in [0.2, 0.25) is 0 Å². The number of nitrogens with zero attached hydrogens (tertiary/aromatic N) is 3. The van der Waals surface area contributed by atoms with Crippen LogP contribution in [0.15, 0.2) is 53.2 Å². The predicted octanol–water partition coefficient (Wildman–Crippen LogP) is 3.97. The first-order chi connectivity index (χ1) is 13.7. The summed E-state index contributed by atoms with van der Waals surface area (Å²) in [7, 11) is 0. The Balaban J connectivity index is 1.43. The molecule has 144 valence electrons. The van der Waals surface area contributed by atoms with Crippen LogP contribution in [0.5, 0.6) is 0 Å². The van der Waals surface area contributed by atoms with Crippen LogP contribution in [0, 0.1) is 6.92 Å². The van der Waals surface area contributed by atoms with Gasteiger partial charge >= 0.3 is 0 Å². The van der Waals surface area contributed by atoms with Gasteiger partial charge in [0.2, 0.25) is 0 Å². The van der Waals surface area contributed by atoms with Gasteiger partial charge in [0, 0.05) is 30.3 Å². The van der Waals surface area contributed by atoms with Crippen molar-refractivity contribution in [1.29, 1.82) is 0 Å². The monoisotopic (exact) mass is 376 g/mol. The molecule has 0 radical (unpaired) electrons. The molecule has 4 rings (SSSR count). The number of aryl methyl sites for hydroxylation is 1. The second kappa shape index (κ2) is 8.25. The van der Waals surface area contributed by atoms with Gasteiger partial charge in [-0.25, -0.2) is 9.97 Å². The van der Waals surface area contributed by atoms with E-state index in [9.17, 15) is 4.79 Å². The topological polar surface area (TPSA) is 71.3 Å². The number of carbonyl (C=O) groups excluding carboxylic acids is 1. The maximum absolute atomic E-state index is 12.3. The van der Waals surface area contributed by atoms with Crippen molar-refractivity contribution in [1.82, 2.24) is 15.3 Å². The van der Waals surface area contributed by atoms with Crippen LogP contribution >= 0.6 is 0 Å². The predicted molar refractivity (Wildman–Crippen MR) is 108 cm³/mol. The van der Waals surface area contributed by atoms with Crippen LogP contribution < -0.4 is 10.2 Å². The van der Waals surface area contributed by atoms with Crippen molar-refractivity contribution in [2.24, 2.45) is 0 Å². The Morgan fingerprint density at radius 1 is 1.07 bits per heavy atom. The van der Waals surface area contributed by atoms with Crippen molar-refractivity contribution in [2.75, 3.05) is 18.0 Å². The molecule has 0 atom stereocenters. The fourth-order valence-corrected chi connectivity index (χ4v) is 3.44. The summed E-state index contributed by atoms with van der Waals surface area (Å²) < 4.78 is 5.48. The Kier molecular flexibility index (Phi) is 5.37. The number of rotatable bonds is 5. The quantitative estimate of drug-likeness (QED) is 0.730. The SMILES string of the molecule is Cc1ccc(CNC(=O)c2ccc(-c3cc(N4CCCCC4)ncn3)cc2)o1. The highest BCUT2D eigenvalue weighted by atomic mass is 16.3. The van der Waals surface area contributed by atoms with Crippen molar-refractivity contribution < 1.29 is 9.21 Å². The zero-order valence-electron chi connectivity index (χ0n) is 16.0. The lowest BCUT2D eigenvalue weighted by Gasteiger charge is -2.27. The van der Waals surface area contributed by atoms with E-state index in [2.05, 4.69) is 20.2 Å². The Bertz CT molecular complexity index is 943. The van der Waals surface area contributed by atoms with E-state index in [1.54, 1.807) is 6.33 Å². The molecule has 6 nitrogen and oxygen atoms in total. The molecule has 3 heterocycles. The normalized spacial score (nSPS) is 14.1. The molecule has 1 aromatic carbocycles. The standard InChI is InChI=1S/C22H24N4O2/c1-16-5-10-19(28-16)14-23-22(27)18-8-6-17(7-9-18)20-13-21(25-15-24-20)26-11-3-2-4-12-26/h5-10,13,15H,2-4,11-12,14H2,1H3,(H,23,27). The van der Waals surface area contributed by atoms with Crippen LogP contribution in [-0.4, -0.2) is 29.0 Å². The molecule has 2 aromatic heterocycles. The molecule has 1 aliphatic rings. The van der Waals surface area contributed by atoms with E-state index in [1.165, 1.54) is 19.3 Å². The van der Waals surface area contributed by atoms with Gasteiger partial charge in [0.1, 0.15) is 23.7 Å². The third-order valence-electron chi connectivity index (χ3n) is 4.99. The lowest BCUT2D eigenvalue weighted by molar-refractivity contribution is 0.0948. The van der Waals surface area contributed by atoms with Gasteiger partial charge in [-0.2, -0.15) is 0 Å². The van der Waals surface area contributed by atoms with Crippen molar-refractivity contribution >= 4 is 11.7 Å². The number of hydrogen-bond donors (Lipinski definition) is 1. The maximum atomic E-state index is 12.3. The molecule has 0 bridgehead atoms. The van der Waals surface area contributed by atoms with E-state index in [0.29, 0.717) is 12.1 Å². The van der Waals surface area contributed by atoms with Gasteiger partial charge < -0.3 is 14.6 Å². The van der Waals surface area contributed by atoms with Gasteiger partial charge in [0.25, 0.3) is 5.91 Å². The van der Waals surface area contributed by atoms with E-state index in [0.717, 1.165) is 41.7 Å². The molecule has 28 heavy (non-hydrogen) atoms. The Labute approximate surface area is 164 Å². The van der Waals surface area contributed by atoms with Gasteiger partial charge in [-0.15, -0.1) is 0 Å². The fourth-order valence-electron chi connectivity index (χ4n) is 3.44. The fraction of sp³-hybridized carbons (Fsp3) is 0.318. The van der Waals surface area contributed by atoms with E-state index in [1.807, 2.05) is 49.4 Å². The number of nitrogens with one attached hydrogen (secondary N) is 1. The van der Waals surface area contributed by atoms with Crippen LogP contribution in [0.25, 0.3) is 11.3 Å². The summed E-state index contributed by atoms with van der Waals surface area (Å²) in [5.74, 6) is 2.42. The summed E-state index contributed by atoms with van der Waals surface area (Å²) in [6.07, 6.45) is 5.32. The first-order valence-corrected chi connectivity index (χ1v) is 9.70. The summed E-state index contributed by atoms with van der Waals surface area (Å²) in [5, 5.41) is 2.87. The largest absolute Gasteiger partial charge is 0.465 e. The van der Waals surface area contributed by atoms with Gasteiger partial charge in [-0.05, 0) is 50.5 Å². The van der Waals surface area contributed by atoms with Crippen molar-refractivity contribution in [3.05, 3.63) is 65.9 Å². The van der Waals surface area contributed by atoms with Crippen LogP contribution in [0.3, 0.4) is 0 Å². The molecular weight excluding hydrogens is 352 g/mol. The van der Waals surface area contributed by atoms with Crippen LogP contribution in [-0.2, 0) is 6.54 Å². The second-order valence-electron chi connectivity index (χ2n) is 7.08. The molecule has 0 unspecified atom stereocenters. The maximum Gasteiger partial charge on any atom is 0.251 e. The van der Waals surface area contributed by atoms with Gasteiger partial charge in [0.05, 0.1) is 12.2 Å². The number of amides is 1. The molecule has 0 spiro atoms. The highest BCUT2D eigenvalue weighted by molar-refractivity contribution is 5.94. The van der Waals surface area contributed by atoms with E-state index in [-0.39, 0.29) is 5.91 Å². The minimum absolute atomic E-state index is 0.128. The molecule has 3 aromatic rings. The third kappa shape index (κ3) is 4.22. The summed E-state index contributed by atoms with van der Waals surface area (Å²) in [5.41, 5.74) is 2.45. The highest BCUT2D eigenvalue weighted by Crippen LogP contribution is 2.23. The molecule has 1 amide bonds. The van der Waals surface area contributed by atoms with Crippen LogP contribution in [0.4, 0.5) is 5.82 Å². The number of carbonyl (C=O) groups is 1. The first kappa shape index (κ1) is 18.2. The highest BCUT2D eigenvalue weighted by Gasteiger charge is 2.13. The molecule has 1 aliphatic heterocycles. The van der Waals surface area contributed by atoms with Gasteiger partial charge in [-0.1, -0.05) is 12.1 Å². The minimum atomic E-state index is -0.128. The Hall–Kier alpha value is -3.15. The zero-order chi connectivity index (χ0) is 19.3. The second-order valence-corrected chi connectivity index (χ2v) is 7.08. The van der Waals surface area contributed by atoms with Crippen molar-refractivity contribution in [2.45, 2.75) is 32.7 Å². The van der Waals surface area contributed by atoms with Gasteiger partial charge in [-0.3, -0.25) is 4.79 Å². The Morgan fingerprint density at radius 3 is 2.57 bits per heavy atom. The Morgan fingerprint density at radius 2 is 1.86 bits per heavy atom. The summed E-state index contributed by atoms with van der Waals surface area (Å²) in [4.78, 5) is 23.5. The average Bonchev–Trinajstić information content (AvgIpc) is 3.18. The first-order valence-electron chi connectivity index (χ1n) is 9.70. The summed E-state index contributed by atoms with van der Waals surface area (Å²) in [6.45, 7) is 4.35. The number of furan rings is 1. The smallest absolute Gasteiger partial charge is 0.251 e. The van der Waals surface area contributed by atoms with Crippen LogP contribution in [0.1, 0.15) is 41.1 Å². The molecule has 6 heteroatoms.